The van der Waals surface area contributed by atoms with Crippen LogP contribution in [0.4, 0.5) is 22.7 Å². The number of rotatable bonds is 10. The standard InChI is InChI=1S/C69H73N4O.Pt/c1-43(2)48-33-58(44(3)4)66(59(34-48)45(5)6)47-29-30-70-65(35-47)71-61-28-25-50(67(7,8)9)39-60(61)57-27-26-55(41-62(57)71)74-56-38-52(69(13,14)15)37-54(40-56)73-42-72(73,63-23-19-20-24-64(63)73)53-32-49(46-21-17-16-18-22-46)31-51(36-53)68(10,11)12;/h16-39,42-45H,1-15H3;/q-1;/t72-,73?;/m0./s1. The number of fused-ring (bicyclic) bond motifs is 7. The molecule has 5 nitrogen and oxygen atoms in total. The molecule has 2 aliphatic rings. The van der Waals surface area contributed by atoms with Crippen molar-refractivity contribution in [3.05, 3.63) is 198 Å². The smallest absolute Gasteiger partial charge is 0.225 e. The van der Waals surface area contributed by atoms with E-state index in [-0.39, 0.29) is 37.3 Å². The van der Waals surface area contributed by atoms with Crippen molar-refractivity contribution in [3.63, 3.8) is 0 Å². The van der Waals surface area contributed by atoms with Gasteiger partial charge in [-0.15, -0.1) is 35.2 Å². The van der Waals surface area contributed by atoms with Gasteiger partial charge >= 0.3 is 0 Å². The molecule has 6 heteroatoms. The van der Waals surface area contributed by atoms with Crippen molar-refractivity contribution < 1.29 is 25.8 Å². The van der Waals surface area contributed by atoms with E-state index in [9.17, 15) is 0 Å². The summed E-state index contributed by atoms with van der Waals surface area (Å²) in [4.78, 5) is 5.16. The minimum Gasteiger partial charge on any atom is -0.509 e. The predicted octanol–water partition coefficient (Wildman–Crippen LogP) is 19.5. The summed E-state index contributed by atoms with van der Waals surface area (Å²) in [6.45, 7) is 36.9. The maximum Gasteiger partial charge on any atom is 0.225 e. The van der Waals surface area contributed by atoms with Crippen LogP contribution < -0.4 is 13.9 Å². The van der Waals surface area contributed by atoms with Crippen LogP contribution in [0.15, 0.2) is 146 Å². The van der Waals surface area contributed by atoms with E-state index in [2.05, 4.69) is 267 Å². The Balaban J connectivity index is 0.00000641. The van der Waals surface area contributed by atoms with E-state index in [1.807, 2.05) is 6.20 Å². The first-order valence-corrected chi connectivity index (χ1v) is 26.9. The number of nitrogens with zero attached hydrogens (tertiary/aromatic N) is 4. The van der Waals surface area contributed by atoms with Gasteiger partial charge in [-0.25, -0.2) is 9.58 Å². The summed E-state index contributed by atoms with van der Waals surface area (Å²) in [6, 6.07) is 59.7. The molecule has 75 heavy (non-hydrogen) atoms. The zero-order chi connectivity index (χ0) is 52.4. The van der Waals surface area contributed by atoms with Gasteiger partial charge in [-0.1, -0.05) is 188 Å². The SMILES string of the molecule is CC(C)c1cc(C(C)C)c(-c2ccnc(-n3c4[c-]c(Oc5[c-]c([N+]67[CH-][N@+]6(c6cc(-c8ccccc8)cc(C(C)(C)C)c6)c6ccccc67)cc(C(C)(C)C)c5)ccc4c4cc(C(C)(C)C)ccc43)c2)c(C(C)C)c1.[Pt]. The van der Waals surface area contributed by atoms with Crippen molar-refractivity contribution in [1.29, 1.82) is 0 Å². The summed E-state index contributed by atoms with van der Waals surface area (Å²) in [5, 5.41) is 2.27. The molecule has 1 saturated heterocycles. The topological polar surface area (TPSA) is 27.1 Å². The van der Waals surface area contributed by atoms with E-state index in [1.54, 1.807) is 0 Å². The molecule has 0 amide bonds. The Morgan fingerprint density at radius 1 is 0.520 bits per heavy atom. The molecule has 0 radical (unpaired) electrons. The van der Waals surface area contributed by atoms with E-state index >= 15 is 0 Å². The first-order valence-electron chi connectivity index (χ1n) is 26.9. The summed E-state index contributed by atoms with van der Waals surface area (Å²) >= 11 is 0. The zero-order valence-electron chi connectivity index (χ0n) is 46.7. The van der Waals surface area contributed by atoms with Crippen molar-refractivity contribution in [2.24, 2.45) is 0 Å². The fraction of sp³-hybridized carbons (Fsp3) is 0.304. The van der Waals surface area contributed by atoms with Crippen molar-refractivity contribution in [2.45, 2.75) is 138 Å². The van der Waals surface area contributed by atoms with Gasteiger partial charge in [-0.05, 0) is 108 Å². The molecule has 2 aromatic heterocycles. The van der Waals surface area contributed by atoms with Crippen LogP contribution in [0.1, 0.15) is 155 Å². The molecule has 0 spiro atoms. The van der Waals surface area contributed by atoms with Crippen molar-refractivity contribution in [3.8, 4) is 39.6 Å². The number of quaternary nitrogens is 2. The molecule has 2 atom stereocenters. The first-order chi connectivity index (χ1) is 35.0. The second kappa shape index (κ2) is 18.6. The fourth-order valence-electron chi connectivity index (χ4n) is 11.5. The second-order valence-electron chi connectivity index (χ2n) is 25.2. The molecule has 4 heterocycles. The van der Waals surface area contributed by atoms with Crippen molar-refractivity contribution >= 4 is 44.6 Å². The Bertz CT molecular complexity index is 3640. The minimum atomic E-state index is -0.176. The van der Waals surface area contributed by atoms with Gasteiger partial charge in [0.15, 0.2) is 12.4 Å². The molecule has 7 aromatic carbocycles. The molecule has 2 aliphatic heterocycles. The van der Waals surface area contributed by atoms with Gasteiger partial charge in [0.2, 0.25) is 11.4 Å². The predicted molar refractivity (Wildman–Crippen MR) is 312 cm³/mol. The summed E-state index contributed by atoms with van der Waals surface area (Å²) in [5.74, 6) is 3.28. The normalized spacial score (nSPS) is 17.3. The summed E-state index contributed by atoms with van der Waals surface area (Å²) < 4.78 is 10.5. The Kier molecular flexibility index (Phi) is 13.0. The number of benzene rings is 7. The average molecular weight is 1170 g/mol. The van der Waals surface area contributed by atoms with Crippen LogP contribution in [-0.2, 0) is 37.3 Å². The minimum absolute atomic E-state index is 0. The van der Waals surface area contributed by atoms with Gasteiger partial charge in [-0.3, -0.25) is 0 Å². The van der Waals surface area contributed by atoms with E-state index in [4.69, 9.17) is 9.72 Å². The van der Waals surface area contributed by atoms with Gasteiger partial charge in [0.25, 0.3) is 0 Å². The number of para-hydroxylation sites is 2. The molecular formula is C69H73N4OPt-. The summed E-state index contributed by atoms with van der Waals surface area (Å²) in [6.07, 6.45) is 1.98. The maximum atomic E-state index is 7.11. The van der Waals surface area contributed by atoms with Gasteiger partial charge in [0, 0.05) is 68.5 Å². The zero-order valence-corrected chi connectivity index (χ0v) is 49.0. The molecule has 11 rings (SSSR count). The quantitative estimate of drug-likeness (QED) is 0.0775. The van der Waals surface area contributed by atoms with Crippen LogP contribution in [0.2, 0.25) is 0 Å². The molecule has 9 aromatic rings. The maximum absolute atomic E-state index is 7.11. The third-order valence-electron chi connectivity index (χ3n) is 15.9. The van der Waals surface area contributed by atoms with E-state index in [1.165, 1.54) is 78.1 Å². The number of hydrogen-bond acceptors (Lipinski definition) is 2. The van der Waals surface area contributed by atoms with Crippen LogP contribution in [0.5, 0.6) is 11.5 Å². The van der Waals surface area contributed by atoms with E-state index in [0.717, 1.165) is 27.9 Å². The summed E-state index contributed by atoms with van der Waals surface area (Å²) in [7, 11) is 0. The average Bonchev–Trinajstić information content (AvgIpc) is 3.86. The Morgan fingerprint density at radius 3 is 1.77 bits per heavy atom. The van der Waals surface area contributed by atoms with Crippen LogP contribution in [0.3, 0.4) is 0 Å². The molecule has 0 bridgehead atoms. The molecular weight excluding hydrogens is 1100 g/mol. The molecule has 1 fully saturated rings. The van der Waals surface area contributed by atoms with Crippen LogP contribution >= 0.6 is 0 Å². The van der Waals surface area contributed by atoms with E-state index < -0.39 is 0 Å². The van der Waals surface area contributed by atoms with Crippen LogP contribution in [-0.4, -0.2) is 9.55 Å². The van der Waals surface area contributed by atoms with Crippen LogP contribution in [0, 0.1) is 18.8 Å². The number of hydrogen-bond donors (Lipinski definition) is 0. The van der Waals surface area contributed by atoms with E-state index in [0.29, 0.717) is 38.4 Å². The Labute approximate surface area is 461 Å². The van der Waals surface area contributed by atoms with Crippen molar-refractivity contribution in [1.82, 2.24) is 18.7 Å². The molecule has 0 aliphatic carbocycles. The van der Waals surface area contributed by atoms with Crippen molar-refractivity contribution in [2.75, 3.05) is 0 Å². The van der Waals surface area contributed by atoms with Gasteiger partial charge in [0.1, 0.15) is 5.82 Å². The molecule has 0 N–H and O–H groups in total. The monoisotopic (exact) mass is 1170 g/mol. The third kappa shape index (κ3) is 8.72. The molecule has 1 unspecified atom stereocenters. The Morgan fingerprint density at radius 2 is 1.15 bits per heavy atom. The fourth-order valence-corrected chi connectivity index (χ4v) is 11.5. The van der Waals surface area contributed by atoms with Gasteiger partial charge < -0.3 is 9.30 Å². The van der Waals surface area contributed by atoms with Gasteiger partial charge in [-0.2, -0.15) is 10.7 Å². The summed E-state index contributed by atoms with van der Waals surface area (Å²) in [5.41, 5.74) is 19.4. The number of ether oxygens (including phenoxy) is 1. The van der Waals surface area contributed by atoms with Crippen LogP contribution in [0.25, 0.3) is 49.9 Å². The van der Waals surface area contributed by atoms with Gasteiger partial charge in [0.05, 0.1) is 5.69 Å². The first kappa shape index (κ1) is 52.3. The third-order valence-corrected chi connectivity index (χ3v) is 15.9. The Hall–Kier alpha value is -6.10. The molecule has 0 saturated carbocycles. The number of pyridine rings is 1. The second-order valence-corrected chi connectivity index (χ2v) is 25.2. The largest absolute Gasteiger partial charge is 0.509 e. The molecule has 386 valence electrons. The number of aromatic nitrogens is 2.